The van der Waals surface area contributed by atoms with Gasteiger partial charge in [-0.05, 0) is 32.7 Å². The standard InChI is InChI=1S/C12H25N3O/c1-4-5-9(2)14-12(16)10(3)15-7-11(6-13)8-15/h9-11H,4-8,13H2,1-3H3,(H,14,16). The highest BCUT2D eigenvalue weighted by atomic mass is 16.2. The number of likely N-dealkylation sites (tertiary alicyclic amines) is 1. The molecular formula is C12H25N3O. The summed E-state index contributed by atoms with van der Waals surface area (Å²) in [6.07, 6.45) is 2.15. The Hall–Kier alpha value is -0.610. The van der Waals surface area contributed by atoms with Crippen molar-refractivity contribution in [2.75, 3.05) is 19.6 Å². The maximum absolute atomic E-state index is 11.9. The quantitative estimate of drug-likeness (QED) is 0.697. The summed E-state index contributed by atoms with van der Waals surface area (Å²) in [5, 5.41) is 3.05. The number of nitrogens with zero attached hydrogens (tertiary/aromatic N) is 1. The van der Waals surface area contributed by atoms with Gasteiger partial charge in [-0.2, -0.15) is 0 Å². The van der Waals surface area contributed by atoms with Crippen LogP contribution in [0.15, 0.2) is 0 Å². The lowest BCUT2D eigenvalue weighted by Crippen LogP contribution is -2.58. The zero-order valence-electron chi connectivity index (χ0n) is 10.7. The van der Waals surface area contributed by atoms with Crippen LogP contribution in [0.4, 0.5) is 0 Å². The summed E-state index contributed by atoms with van der Waals surface area (Å²) in [5.74, 6) is 0.736. The molecule has 0 spiro atoms. The Balaban J connectivity index is 2.26. The normalized spacial score (nSPS) is 21.2. The van der Waals surface area contributed by atoms with Crippen molar-refractivity contribution in [1.29, 1.82) is 0 Å². The fraction of sp³-hybridized carbons (Fsp3) is 0.917. The molecule has 0 aliphatic carbocycles. The summed E-state index contributed by atoms with van der Waals surface area (Å²) in [4.78, 5) is 14.1. The van der Waals surface area contributed by atoms with E-state index in [0.29, 0.717) is 5.92 Å². The van der Waals surface area contributed by atoms with Crippen LogP contribution in [0, 0.1) is 5.92 Å². The van der Waals surface area contributed by atoms with Crippen LogP contribution in [0.5, 0.6) is 0 Å². The molecule has 1 heterocycles. The van der Waals surface area contributed by atoms with Crippen LogP contribution in [-0.2, 0) is 4.79 Å². The number of hydrogen-bond acceptors (Lipinski definition) is 3. The van der Waals surface area contributed by atoms with E-state index >= 15 is 0 Å². The lowest BCUT2D eigenvalue weighted by Gasteiger charge is -2.42. The van der Waals surface area contributed by atoms with E-state index in [2.05, 4.69) is 24.1 Å². The molecule has 0 aromatic rings. The van der Waals surface area contributed by atoms with Crippen LogP contribution in [0.2, 0.25) is 0 Å². The average molecular weight is 227 g/mol. The van der Waals surface area contributed by atoms with E-state index in [9.17, 15) is 4.79 Å². The Morgan fingerprint density at radius 2 is 2.12 bits per heavy atom. The molecule has 4 heteroatoms. The van der Waals surface area contributed by atoms with Crippen molar-refractivity contribution in [2.45, 2.75) is 45.7 Å². The maximum Gasteiger partial charge on any atom is 0.237 e. The van der Waals surface area contributed by atoms with Gasteiger partial charge in [-0.1, -0.05) is 13.3 Å². The second kappa shape index (κ2) is 6.21. The highest BCUT2D eigenvalue weighted by Crippen LogP contribution is 2.17. The molecule has 0 saturated carbocycles. The van der Waals surface area contributed by atoms with Crippen LogP contribution in [0.1, 0.15) is 33.6 Å². The molecule has 1 aliphatic heterocycles. The molecule has 1 rings (SSSR count). The third-order valence-corrected chi connectivity index (χ3v) is 3.36. The summed E-state index contributed by atoms with van der Waals surface area (Å²) < 4.78 is 0. The zero-order valence-corrected chi connectivity index (χ0v) is 10.7. The highest BCUT2D eigenvalue weighted by Gasteiger charge is 2.32. The summed E-state index contributed by atoms with van der Waals surface area (Å²) in [7, 11) is 0. The molecule has 16 heavy (non-hydrogen) atoms. The van der Waals surface area contributed by atoms with Gasteiger partial charge >= 0.3 is 0 Å². The van der Waals surface area contributed by atoms with Gasteiger partial charge in [0.25, 0.3) is 0 Å². The third kappa shape index (κ3) is 3.46. The van der Waals surface area contributed by atoms with Gasteiger partial charge < -0.3 is 11.1 Å². The summed E-state index contributed by atoms with van der Waals surface area (Å²) >= 11 is 0. The average Bonchev–Trinajstić information content (AvgIpc) is 2.16. The van der Waals surface area contributed by atoms with Crippen LogP contribution in [0.3, 0.4) is 0 Å². The van der Waals surface area contributed by atoms with E-state index in [-0.39, 0.29) is 18.0 Å². The fourth-order valence-corrected chi connectivity index (χ4v) is 2.11. The molecule has 0 aromatic carbocycles. The molecule has 1 aliphatic rings. The maximum atomic E-state index is 11.9. The second-order valence-electron chi connectivity index (χ2n) is 4.93. The molecule has 1 fully saturated rings. The minimum atomic E-state index is -0.0119. The molecular weight excluding hydrogens is 202 g/mol. The molecule has 3 N–H and O–H groups in total. The second-order valence-corrected chi connectivity index (χ2v) is 4.93. The van der Waals surface area contributed by atoms with Crippen molar-refractivity contribution in [3.63, 3.8) is 0 Å². The third-order valence-electron chi connectivity index (χ3n) is 3.36. The molecule has 94 valence electrons. The van der Waals surface area contributed by atoms with Crippen molar-refractivity contribution in [1.82, 2.24) is 10.2 Å². The van der Waals surface area contributed by atoms with Crippen molar-refractivity contribution in [2.24, 2.45) is 11.7 Å². The van der Waals surface area contributed by atoms with E-state index in [1.54, 1.807) is 0 Å². The topological polar surface area (TPSA) is 58.4 Å². The van der Waals surface area contributed by atoms with Gasteiger partial charge in [0.15, 0.2) is 0 Å². The number of nitrogens with one attached hydrogen (secondary N) is 1. The molecule has 4 nitrogen and oxygen atoms in total. The van der Waals surface area contributed by atoms with Gasteiger partial charge in [-0.25, -0.2) is 0 Å². The predicted molar refractivity (Wildman–Crippen MR) is 66.1 cm³/mol. The summed E-state index contributed by atoms with van der Waals surface area (Å²) in [6.45, 7) is 8.83. The van der Waals surface area contributed by atoms with Crippen molar-refractivity contribution < 1.29 is 4.79 Å². The first-order valence-corrected chi connectivity index (χ1v) is 6.33. The monoisotopic (exact) mass is 227 g/mol. The molecule has 0 bridgehead atoms. The van der Waals surface area contributed by atoms with Crippen LogP contribution < -0.4 is 11.1 Å². The first-order valence-electron chi connectivity index (χ1n) is 6.33. The van der Waals surface area contributed by atoms with Gasteiger partial charge in [0.05, 0.1) is 6.04 Å². The molecule has 1 saturated heterocycles. The van der Waals surface area contributed by atoms with Crippen molar-refractivity contribution >= 4 is 5.91 Å². The lowest BCUT2D eigenvalue weighted by atomic mass is 9.98. The van der Waals surface area contributed by atoms with Gasteiger partial charge in [0.2, 0.25) is 5.91 Å². The first-order chi connectivity index (χ1) is 7.58. The highest BCUT2D eigenvalue weighted by molar-refractivity contribution is 5.81. The number of rotatable bonds is 6. The molecule has 0 aromatic heterocycles. The van der Waals surface area contributed by atoms with E-state index < -0.39 is 0 Å². The Bertz CT molecular complexity index is 226. The predicted octanol–water partition coefficient (Wildman–Crippen LogP) is 0.570. The lowest BCUT2D eigenvalue weighted by molar-refractivity contribution is -0.129. The SMILES string of the molecule is CCCC(C)NC(=O)C(C)N1CC(CN)C1. The Kier molecular flexibility index (Phi) is 5.22. The number of nitrogens with two attached hydrogens (primary N) is 1. The van der Waals surface area contributed by atoms with Crippen LogP contribution in [-0.4, -0.2) is 42.5 Å². The summed E-state index contributed by atoms with van der Waals surface area (Å²) in [6, 6.07) is 0.272. The number of amides is 1. The molecule has 2 unspecified atom stereocenters. The van der Waals surface area contributed by atoms with Crippen molar-refractivity contribution in [3.05, 3.63) is 0 Å². The smallest absolute Gasteiger partial charge is 0.237 e. The van der Waals surface area contributed by atoms with Crippen LogP contribution in [0.25, 0.3) is 0 Å². The fourth-order valence-electron chi connectivity index (χ4n) is 2.11. The van der Waals surface area contributed by atoms with E-state index in [1.807, 2.05) is 6.92 Å². The van der Waals surface area contributed by atoms with Gasteiger partial charge in [-0.15, -0.1) is 0 Å². The minimum Gasteiger partial charge on any atom is -0.352 e. The van der Waals surface area contributed by atoms with Gasteiger partial charge in [0, 0.05) is 19.1 Å². The van der Waals surface area contributed by atoms with Crippen LogP contribution >= 0.6 is 0 Å². The van der Waals surface area contributed by atoms with Gasteiger partial charge in [0.1, 0.15) is 0 Å². The number of carbonyl (C=O) groups is 1. The number of hydrogen-bond donors (Lipinski definition) is 2. The molecule has 0 radical (unpaired) electrons. The Morgan fingerprint density at radius 3 is 2.62 bits per heavy atom. The Morgan fingerprint density at radius 1 is 1.50 bits per heavy atom. The largest absolute Gasteiger partial charge is 0.352 e. The van der Waals surface area contributed by atoms with E-state index in [1.165, 1.54) is 0 Å². The summed E-state index contributed by atoms with van der Waals surface area (Å²) in [5.41, 5.74) is 5.57. The van der Waals surface area contributed by atoms with E-state index in [0.717, 1.165) is 32.5 Å². The molecule has 2 atom stereocenters. The van der Waals surface area contributed by atoms with E-state index in [4.69, 9.17) is 5.73 Å². The number of carbonyl (C=O) groups excluding carboxylic acids is 1. The minimum absolute atomic E-state index is 0.0119. The van der Waals surface area contributed by atoms with Crippen molar-refractivity contribution in [3.8, 4) is 0 Å². The first kappa shape index (κ1) is 13.5. The molecule has 1 amide bonds. The Labute approximate surface area is 98.6 Å². The van der Waals surface area contributed by atoms with Gasteiger partial charge in [-0.3, -0.25) is 9.69 Å². The zero-order chi connectivity index (χ0) is 12.1.